The summed E-state index contributed by atoms with van der Waals surface area (Å²) >= 11 is 0. The Bertz CT molecular complexity index is 939. The number of aryl methyl sites for hydroxylation is 1. The maximum atomic E-state index is 14.5. The van der Waals surface area contributed by atoms with Crippen LogP contribution in [0.25, 0.3) is 11.0 Å². The van der Waals surface area contributed by atoms with Crippen LogP contribution in [0.3, 0.4) is 0 Å². The van der Waals surface area contributed by atoms with Gasteiger partial charge in [0.2, 0.25) is 5.91 Å². The summed E-state index contributed by atoms with van der Waals surface area (Å²) in [5, 5.41) is 2.72. The quantitative estimate of drug-likeness (QED) is 0.594. The molecule has 0 saturated heterocycles. The number of amides is 1. The highest BCUT2D eigenvalue weighted by Crippen LogP contribution is 2.33. The van der Waals surface area contributed by atoms with Crippen LogP contribution in [0.5, 0.6) is 11.8 Å². The van der Waals surface area contributed by atoms with Crippen LogP contribution in [0.4, 0.5) is 8.78 Å². The molecule has 176 valence electrons. The number of imidazole rings is 1. The molecular weight excluding hydrogens is 420 g/mol. The normalized spacial score (nSPS) is 22.0. The first kappa shape index (κ1) is 22.8. The Labute approximate surface area is 186 Å². The summed E-state index contributed by atoms with van der Waals surface area (Å²) in [7, 11) is 1.81. The average molecular weight is 452 g/mol. The molecule has 1 aromatic heterocycles. The van der Waals surface area contributed by atoms with Gasteiger partial charge in [-0.25, -0.2) is 4.39 Å². The van der Waals surface area contributed by atoms with Gasteiger partial charge in [0.05, 0.1) is 37.0 Å². The highest BCUT2D eigenvalue weighted by molar-refractivity contribution is 5.79. The molecule has 2 saturated carbocycles. The third kappa shape index (κ3) is 5.68. The molecular formula is C23H31F2N3O4. The molecule has 4 rings (SSSR count). The summed E-state index contributed by atoms with van der Waals surface area (Å²) in [6.07, 6.45) is 5.62. The largest absolute Gasteiger partial charge is 0.490 e. The van der Waals surface area contributed by atoms with E-state index in [9.17, 15) is 13.6 Å². The fourth-order valence-electron chi connectivity index (χ4n) is 4.09. The second-order valence-electron chi connectivity index (χ2n) is 8.77. The fraction of sp³-hybridized carbons (Fsp3) is 0.652. The van der Waals surface area contributed by atoms with Gasteiger partial charge in [-0.15, -0.1) is 0 Å². The Balaban J connectivity index is 1.31. The molecule has 9 heteroatoms. The average Bonchev–Trinajstić information content (AvgIpc) is 3.51. The number of ether oxygens (including phenoxy) is 3. The molecule has 1 heterocycles. The Kier molecular flexibility index (Phi) is 7.13. The van der Waals surface area contributed by atoms with E-state index >= 15 is 0 Å². The van der Waals surface area contributed by atoms with Crippen molar-refractivity contribution in [3.8, 4) is 11.8 Å². The van der Waals surface area contributed by atoms with Gasteiger partial charge in [0.1, 0.15) is 17.4 Å². The molecule has 0 aliphatic heterocycles. The van der Waals surface area contributed by atoms with E-state index in [1.807, 2.05) is 13.1 Å². The van der Waals surface area contributed by atoms with Gasteiger partial charge in [0.25, 0.3) is 6.01 Å². The van der Waals surface area contributed by atoms with Crippen LogP contribution >= 0.6 is 0 Å². The van der Waals surface area contributed by atoms with Crippen molar-refractivity contribution in [1.82, 2.24) is 14.9 Å². The lowest BCUT2D eigenvalue weighted by Gasteiger charge is -2.29. The monoisotopic (exact) mass is 451 g/mol. The minimum atomic E-state index is -0.498. The second-order valence-corrected chi connectivity index (χ2v) is 8.77. The number of hydrogen-bond acceptors (Lipinski definition) is 5. The Morgan fingerprint density at radius 1 is 1.16 bits per heavy atom. The number of halogens is 2. The number of rotatable bonds is 10. The summed E-state index contributed by atoms with van der Waals surface area (Å²) in [5.74, 6) is -0.0768. The summed E-state index contributed by atoms with van der Waals surface area (Å²) in [6, 6.07) is 3.28. The van der Waals surface area contributed by atoms with E-state index in [-0.39, 0.29) is 42.2 Å². The topological polar surface area (TPSA) is 74.6 Å². The van der Waals surface area contributed by atoms with Gasteiger partial charge in [-0.2, -0.15) is 4.98 Å². The van der Waals surface area contributed by atoms with E-state index < -0.39 is 12.5 Å². The van der Waals surface area contributed by atoms with Crippen LogP contribution in [0.15, 0.2) is 12.1 Å². The van der Waals surface area contributed by atoms with Gasteiger partial charge < -0.3 is 19.5 Å². The third-order valence-electron chi connectivity index (χ3n) is 5.99. The van der Waals surface area contributed by atoms with E-state index in [1.165, 1.54) is 13.0 Å². The molecule has 1 amide bonds. The molecule has 32 heavy (non-hydrogen) atoms. The Hall–Kier alpha value is -2.42. The van der Waals surface area contributed by atoms with E-state index in [4.69, 9.17) is 14.2 Å². The minimum Gasteiger partial charge on any atom is -0.490 e. The molecule has 0 bridgehead atoms. The van der Waals surface area contributed by atoms with Crippen LogP contribution in [0, 0.1) is 5.82 Å². The molecule has 0 unspecified atom stereocenters. The third-order valence-corrected chi connectivity index (χ3v) is 5.99. The summed E-state index contributed by atoms with van der Waals surface area (Å²) in [5.41, 5.74) is 0.920. The van der Waals surface area contributed by atoms with E-state index in [0.29, 0.717) is 23.9 Å². The van der Waals surface area contributed by atoms with Gasteiger partial charge in [-0.1, -0.05) is 0 Å². The van der Waals surface area contributed by atoms with Crippen LogP contribution in [-0.4, -0.2) is 53.1 Å². The zero-order valence-electron chi connectivity index (χ0n) is 18.6. The van der Waals surface area contributed by atoms with Gasteiger partial charge in [-0.3, -0.25) is 13.8 Å². The Morgan fingerprint density at radius 2 is 1.81 bits per heavy atom. The number of carbonyl (C=O) groups excluding carboxylic acids is 1. The predicted molar refractivity (Wildman–Crippen MR) is 115 cm³/mol. The van der Waals surface area contributed by atoms with Crippen LogP contribution in [0.1, 0.15) is 51.9 Å². The molecule has 1 atom stereocenters. The van der Waals surface area contributed by atoms with Crippen molar-refractivity contribution in [2.45, 2.75) is 76.2 Å². The number of aromatic nitrogens is 2. The van der Waals surface area contributed by atoms with Crippen molar-refractivity contribution in [3.63, 3.8) is 0 Å². The van der Waals surface area contributed by atoms with Gasteiger partial charge in [-0.05, 0) is 44.9 Å². The first-order valence-electron chi connectivity index (χ1n) is 11.4. The molecule has 2 aliphatic rings. The molecule has 7 nitrogen and oxygen atoms in total. The predicted octanol–water partition coefficient (Wildman–Crippen LogP) is 3.82. The van der Waals surface area contributed by atoms with E-state index in [2.05, 4.69) is 10.3 Å². The molecule has 2 aliphatic carbocycles. The van der Waals surface area contributed by atoms with Gasteiger partial charge in [0, 0.05) is 26.1 Å². The SMILES string of the molecule is CC(=O)N[C@@H](CCF)COC1CCC(Oc2nc3c(F)cc(OC4CC4)cc3n2C)CC1. The maximum absolute atomic E-state index is 14.5. The zero-order chi connectivity index (χ0) is 22.7. The van der Waals surface area contributed by atoms with Crippen molar-refractivity contribution in [1.29, 1.82) is 0 Å². The van der Waals surface area contributed by atoms with Gasteiger partial charge >= 0.3 is 0 Å². The second kappa shape index (κ2) is 10.0. The lowest BCUT2D eigenvalue weighted by atomic mass is 9.95. The standard InChI is InChI=1S/C23H31F2N3O4/c1-14(29)26-15(9-10-24)13-30-16-3-5-18(6-4-16)32-23-27-22-20(25)11-19(31-17-7-8-17)12-21(22)28(23)2/h11-12,15-18H,3-10,13H2,1-2H3,(H,26,29)/t15-,16?,18?/m0/s1. The lowest BCUT2D eigenvalue weighted by Crippen LogP contribution is -2.39. The highest BCUT2D eigenvalue weighted by atomic mass is 19.1. The summed E-state index contributed by atoms with van der Waals surface area (Å²) in [4.78, 5) is 15.6. The van der Waals surface area contributed by atoms with Crippen molar-refractivity contribution in [2.75, 3.05) is 13.3 Å². The van der Waals surface area contributed by atoms with Crippen LogP contribution < -0.4 is 14.8 Å². The highest BCUT2D eigenvalue weighted by Gasteiger charge is 2.27. The minimum absolute atomic E-state index is 0.0346. The number of hydrogen-bond donors (Lipinski definition) is 1. The lowest BCUT2D eigenvalue weighted by molar-refractivity contribution is -0.120. The zero-order valence-corrected chi connectivity index (χ0v) is 18.6. The van der Waals surface area contributed by atoms with Crippen LogP contribution in [-0.2, 0) is 16.6 Å². The number of fused-ring (bicyclic) bond motifs is 1. The molecule has 2 aromatic rings. The molecule has 0 spiro atoms. The van der Waals surface area contributed by atoms with Crippen LogP contribution in [0.2, 0.25) is 0 Å². The van der Waals surface area contributed by atoms with Gasteiger partial charge in [0.15, 0.2) is 5.82 Å². The van der Waals surface area contributed by atoms with Crippen molar-refractivity contribution in [3.05, 3.63) is 17.9 Å². The number of nitrogens with zero attached hydrogens (tertiary/aromatic N) is 2. The number of alkyl halides is 1. The Morgan fingerprint density at radius 3 is 2.47 bits per heavy atom. The maximum Gasteiger partial charge on any atom is 0.297 e. The summed E-state index contributed by atoms with van der Waals surface area (Å²) in [6.45, 7) is 1.22. The molecule has 1 aromatic carbocycles. The van der Waals surface area contributed by atoms with E-state index in [0.717, 1.165) is 38.5 Å². The number of nitrogens with one attached hydrogen (secondary N) is 1. The van der Waals surface area contributed by atoms with Crippen molar-refractivity contribution < 1.29 is 27.8 Å². The molecule has 1 N–H and O–H groups in total. The summed E-state index contributed by atoms with van der Waals surface area (Å²) < 4.78 is 46.7. The molecule has 0 radical (unpaired) electrons. The first-order chi connectivity index (χ1) is 15.4. The smallest absolute Gasteiger partial charge is 0.297 e. The fourth-order valence-corrected chi connectivity index (χ4v) is 4.09. The van der Waals surface area contributed by atoms with E-state index in [1.54, 1.807) is 4.57 Å². The molecule has 2 fully saturated rings. The number of carbonyl (C=O) groups is 1. The van der Waals surface area contributed by atoms with Crippen molar-refractivity contribution in [2.24, 2.45) is 7.05 Å². The number of benzene rings is 1. The van der Waals surface area contributed by atoms with Crippen molar-refractivity contribution >= 4 is 16.9 Å². The first-order valence-corrected chi connectivity index (χ1v) is 11.4.